The first-order valence-electron chi connectivity index (χ1n) is 6.33. The molecule has 0 bridgehead atoms. The van der Waals surface area contributed by atoms with Crippen LogP contribution in [0.25, 0.3) is 0 Å². The molecule has 2 rings (SSSR count). The Balaban J connectivity index is 2.54. The highest BCUT2D eigenvalue weighted by Gasteiger charge is 2.17. The molecule has 4 heteroatoms. The van der Waals surface area contributed by atoms with E-state index in [0.29, 0.717) is 5.02 Å². The van der Waals surface area contributed by atoms with Crippen molar-refractivity contribution >= 4 is 27.5 Å². The van der Waals surface area contributed by atoms with Crippen LogP contribution in [0.1, 0.15) is 22.7 Å². The minimum Gasteiger partial charge on any atom is -0.496 e. The molecule has 106 valence electrons. The zero-order valence-corrected chi connectivity index (χ0v) is 14.0. The van der Waals surface area contributed by atoms with Crippen LogP contribution in [-0.2, 0) is 0 Å². The highest BCUT2D eigenvalue weighted by molar-refractivity contribution is 9.10. The first-order chi connectivity index (χ1) is 9.55. The Morgan fingerprint density at radius 3 is 2.55 bits per heavy atom. The fourth-order valence-electron chi connectivity index (χ4n) is 2.36. The topological polar surface area (TPSA) is 21.3 Å². The summed E-state index contributed by atoms with van der Waals surface area (Å²) in [6.07, 6.45) is 0. The molecule has 0 fully saturated rings. The quantitative estimate of drug-likeness (QED) is 0.857. The average molecular weight is 355 g/mol. The van der Waals surface area contributed by atoms with Crippen LogP contribution in [-0.4, -0.2) is 14.2 Å². The van der Waals surface area contributed by atoms with Crippen LogP contribution >= 0.6 is 27.5 Å². The number of hydrogen-bond acceptors (Lipinski definition) is 2. The minimum atomic E-state index is 0.0276. The Labute approximate surface area is 133 Å². The third kappa shape index (κ3) is 3.35. The molecule has 0 aliphatic heterocycles. The maximum Gasteiger partial charge on any atom is 0.124 e. The van der Waals surface area contributed by atoms with Crippen molar-refractivity contribution in [3.63, 3.8) is 0 Å². The summed E-state index contributed by atoms with van der Waals surface area (Å²) in [4.78, 5) is 0. The molecule has 1 N–H and O–H groups in total. The van der Waals surface area contributed by atoms with Crippen molar-refractivity contribution in [2.75, 3.05) is 14.2 Å². The molecule has 0 amide bonds. The van der Waals surface area contributed by atoms with Crippen LogP contribution < -0.4 is 10.1 Å². The maximum absolute atomic E-state index is 6.13. The Kier molecular flexibility index (Phi) is 5.08. The van der Waals surface area contributed by atoms with E-state index in [-0.39, 0.29) is 6.04 Å². The Bertz CT molecular complexity index is 595. The third-order valence-electron chi connectivity index (χ3n) is 3.19. The molecule has 0 radical (unpaired) electrons. The van der Waals surface area contributed by atoms with Crippen molar-refractivity contribution in [1.29, 1.82) is 0 Å². The van der Waals surface area contributed by atoms with Crippen molar-refractivity contribution in [2.24, 2.45) is 0 Å². The monoisotopic (exact) mass is 353 g/mol. The van der Waals surface area contributed by atoms with E-state index in [1.807, 2.05) is 25.2 Å². The predicted octanol–water partition coefficient (Wildman–Crippen LogP) is 4.73. The molecule has 20 heavy (non-hydrogen) atoms. The van der Waals surface area contributed by atoms with Gasteiger partial charge in [0.25, 0.3) is 0 Å². The van der Waals surface area contributed by atoms with Crippen molar-refractivity contribution in [3.05, 3.63) is 62.6 Å². The SMILES string of the molecule is CNC(c1cc(C)cc(Br)c1)c1cc(Cl)ccc1OC. The predicted molar refractivity (Wildman–Crippen MR) is 87.8 cm³/mol. The van der Waals surface area contributed by atoms with E-state index in [1.54, 1.807) is 7.11 Å². The summed E-state index contributed by atoms with van der Waals surface area (Å²) >= 11 is 9.68. The van der Waals surface area contributed by atoms with E-state index < -0.39 is 0 Å². The lowest BCUT2D eigenvalue weighted by Crippen LogP contribution is -2.18. The van der Waals surface area contributed by atoms with Gasteiger partial charge in [0, 0.05) is 15.1 Å². The van der Waals surface area contributed by atoms with Crippen LogP contribution in [0.5, 0.6) is 5.75 Å². The van der Waals surface area contributed by atoms with Gasteiger partial charge in [0.1, 0.15) is 5.75 Å². The number of methoxy groups -OCH3 is 1. The first-order valence-corrected chi connectivity index (χ1v) is 7.50. The summed E-state index contributed by atoms with van der Waals surface area (Å²) in [7, 11) is 3.60. The Hall–Kier alpha value is -1.03. The molecule has 0 saturated heterocycles. The molecular formula is C16H17BrClNO. The number of rotatable bonds is 4. The highest BCUT2D eigenvalue weighted by atomic mass is 79.9. The molecule has 2 nitrogen and oxygen atoms in total. The summed E-state index contributed by atoms with van der Waals surface area (Å²) in [5.41, 5.74) is 3.40. The normalized spacial score (nSPS) is 12.2. The smallest absolute Gasteiger partial charge is 0.124 e. The number of nitrogens with one attached hydrogen (secondary N) is 1. The van der Waals surface area contributed by atoms with Gasteiger partial charge in [-0.1, -0.05) is 33.6 Å². The average Bonchev–Trinajstić information content (AvgIpc) is 2.39. The molecule has 0 saturated carbocycles. The van der Waals surface area contributed by atoms with Crippen LogP contribution in [0.2, 0.25) is 5.02 Å². The van der Waals surface area contributed by atoms with Crippen molar-refractivity contribution < 1.29 is 4.74 Å². The first kappa shape index (κ1) is 15.4. The third-order valence-corrected chi connectivity index (χ3v) is 3.88. The zero-order chi connectivity index (χ0) is 14.7. The lowest BCUT2D eigenvalue weighted by Gasteiger charge is -2.21. The van der Waals surface area contributed by atoms with Crippen LogP contribution in [0.15, 0.2) is 40.9 Å². The van der Waals surface area contributed by atoms with Crippen LogP contribution in [0.3, 0.4) is 0 Å². The van der Waals surface area contributed by atoms with Crippen molar-refractivity contribution in [2.45, 2.75) is 13.0 Å². The van der Waals surface area contributed by atoms with Gasteiger partial charge in [-0.2, -0.15) is 0 Å². The van der Waals surface area contributed by atoms with E-state index >= 15 is 0 Å². The van der Waals surface area contributed by atoms with E-state index in [1.165, 1.54) is 11.1 Å². The van der Waals surface area contributed by atoms with Gasteiger partial charge in [0.15, 0.2) is 0 Å². The molecular weight excluding hydrogens is 338 g/mol. The molecule has 0 spiro atoms. The van der Waals surface area contributed by atoms with Gasteiger partial charge < -0.3 is 10.1 Å². The van der Waals surface area contributed by atoms with Crippen molar-refractivity contribution in [1.82, 2.24) is 5.32 Å². The van der Waals surface area contributed by atoms with E-state index in [4.69, 9.17) is 16.3 Å². The summed E-state index contributed by atoms with van der Waals surface area (Å²) in [6, 6.07) is 12.1. The molecule has 1 unspecified atom stereocenters. The number of hydrogen-bond donors (Lipinski definition) is 1. The fourth-order valence-corrected chi connectivity index (χ4v) is 3.17. The minimum absolute atomic E-state index is 0.0276. The highest BCUT2D eigenvalue weighted by Crippen LogP contribution is 2.33. The molecule has 1 atom stereocenters. The fraction of sp³-hybridized carbons (Fsp3) is 0.250. The largest absolute Gasteiger partial charge is 0.496 e. The maximum atomic E-state index is 6.13. The second-order valence-electron chi connectivity index (χ2n) is 4.67. The number of ether oxygens (including phenoxy) is 1. The van der Waals surface area contributed by atoms with Gasteiger partial charge >= 0.3 is 0 Å². The van der Waals surface area contributed by atoms with Gasteiger partial charge in [-0.3, -0.25) is 0 Å². The van der Waals surface area contributed by atoms with Crippen molar-refractivity contribution in [3.8, 4) is 5.75 Å². The van der Waals surface area contributed by atoms with Gasteiger partial charge in [-0.05, 0) is 55.4 Å². The summed E-state index contributed by atoms with van der Waals surface area (Å²) in [6.45, 7) is 2.08. The van der Waals surface area contributed by atoms with E-state index in [9.17, 15) is 0 Å². The Morgan fingerprint density at radius 2 is 1.95 bits per heavy atom. The van der Waals surface area contributed by atoms with E-state index in [2.05, 4.69) is 46.4 Å². The molecule has 0 heterocycles. The summed E-state index contributed by atoms with van der Waals surface area (Å²) < 4.78 is 6.52. The molecule has 2 aromatic rings. The second kappa shape index (κ2) is 6.61. The molecule has 0 aliphatic carbocycles. The number of halogens is 2. The summed E-state index contributed by atoms with van der Waals surface area (Å²) in [5.74, 6) is 0.825. The molecule has 0 aromatic heterocycles. The van der Waals surface area contributed by atoms with Gasteiger partial charge in [0.05, 0.1) is 13.2 Å². The summed E-state index contributed by atoms with van der Waals surface area (Å²) in [5, 5.41) is 4.03. The van der Waals surface area contributed by atoms with Gasteiger partial charge in [-0.15, -0.1) is 0 Å². The second-order valence-corrected chi connectivity index (χ2v) is 6.02. The molecule has 2 aromatic carbocycles. The Morgan fingerprint density at radius 1 is 1.20 bits per heavy atom. The lowest BCUT2D eigenvalue weighted by molar-refractivity contribution is 0.405. The van der Waals surface area contributed by atoms with E-state index in [0.717, 1.165) is 15.8 Å². The lowest BCUT2D eigenvalue weighted by atomic mass is 9.96. The van der Waals surface area contributed by atoms with Crippen LogP contribution in [0.4, 0.5) is 0 Å². The number of aryl methyl sites for hydroxylation is 1. The number of benzene rings is 2. The van der Waals surface area contributed by atoms with Gasteiger partial charge in [-0.25, -0.2) is 0 Å². The van der Waals surface area contributed by atoms with Crippen LogP contribution in [0, 0.1) is 6.92 Å². The van der Waals surface area contributed by atoms with Gasteiger partial charge in [0.2, 0.25) is 0 Å². The standard InChI is InChI=1S/C16H17BrClNO/c1-10-6-11(8-12(17)7-10)16(19-2)14-9-13(18)4-5-15(14)20-3/h4-9,16,19H,1-3H3. The zero-order valence-electron chi connectivity index (χ0n) is 11.7. The molecule has 0 aliphatic rings.